The van der Waals surface area contributed by atoms with Gasteiger partial charge in [-0.3, -0.25) is 14.8 Å². The molecule has 3 N–H and O–H groups in total. The molecule has 0 atom stereocenters. The van der Waals surface area contributed by atoms with E-state index in [2.05, 4.69) is 39.3 Å². The third-order valence-electron chi connectivity index (χ3n) is 6.30. The lowest BCUT2D eigenvalue weighted by Crippen LogP contribution is -2.37. The van der Waals surface area contributed by atoms with E-state index in [1.165, 1.54) is 0 Å². The molecular weight excluding hydrogens is 440 g/mol. The predicted molar refractivity (Wildman–Crippen MR) is 139 cm³/mol. The molecule has 1 aliphatic heterocycles. The SMILES string of the molecule is CC(=O)N1CCC(CN=CC(=CN)c2cnc3ccc(Nc4cc(C(C)C)cnn4)nc3c2)CC1. The minimum absolute atomic E-state index is 0.146. The number of pyridine rings is 2. The maximum absolute atomic E-state index is 11.5. The summed E-state index contributed by atoms with van der Waals surface area (Å²) < 4.78 is 0. The number of piperidine rings is 1. The third kappa shape index (κ3) is 6.17. The summed E-state index contributed by atoms with van der Waals surface area (Å²) in [6, 6.07) is 7.73. The van der Waals surface area contributed by atoms with Crippen molar-refractivity contribution in [1.82, 2.24) is 25.1 Å². The fourth-order valence-electron chi connectivity index (χ4n) is 4.07. The molecule has 4 rings (SSSR count). The van der Waals surface area contributed by atoms with Crippen LogP contribution in [0.2, 0.25) is 0 Å². The standard InChI is InChI=1S/C26H32N8O/c1-17(2)20-11-26(33-30-16-20)32-25-5-4-23-24(31-25)10-21(15-29-23)22(12-27)14-28-13-19-6-8-34(9-7-19)18(3)35/h4-5,10-12,14-17,19H,6-9,13,27H2,1-3H3,(H,31,32,33). The zero-order chi connectivity index (χ0) is 24.8. The molecule has 0 radical (unpaired) electrons. The number of carbonyl (C=O) groups excluding carboxylic acids is 1. The quantitative estimate of drug-likeness (QED) is 0.500. The number of fused-ring (bicyclic) bond motifs is 1. The Morgan fingerprint density at radius 1 is 1.20 bits per heavy atom. The van der Waals surface area contributed by atoms with Crippen molar-refractivity contribution in [1.29, 1.82) is 0 Å². The number of hydrogen-bond acceptors (Lipinski definition) is 8. The van der Waals surface area contributed by atoms with Crippen molar-refractivity contribution in [3.05, 3.63) is 54.0 Å². The molecule has 0 aromatic carbocycles. The van der Waals surface area contributed by atoms with E-state index in [1.54, 1.807) is 31.7 Å². The first kappa shape index (κ1) is 24.3. The Morgan fingerprint density at radius 2 is 2.00 bits per heavy atom. The Hall–Kier alpha value is -3.88. The number of nitrogens with zero attached hydrogens (tertiary/aromatic N) is 6. The number of aliphatic imine (C=N–C) groups is 1. The van der Waals surface area contributed by atoms with Crippen LogP contribution in [0.3, 0.4) is 0 Å². The van der Waals surface area contributed by atoms with E-state index >= 15 is 0 Å². The number of carbonyl (C=O) groups is 1. The van der Waals surface area contributed by atoms with E-state index in [9.17, 15) is 4.79 Å². The minimum Gasteiger partial charge on any atom is -0.404 e. The van der Waals surface area contributed by atoms with Crippen molar-refractivity contribution >= 4 is 40.4 Å². The fraction of sp³-hybridized carbons (Fsp3) is 0.385. The van der Waals surface area contributed by atoms with Crippen LogP contribution in [0.5, 0.6) is 0 Å². The van der Waals surface area contributed by atoms with Crippen LogP contribution in [-0.4, -0.2) is 56.8 Å². The van der Waals surface area contributed by atoms with Crippen molar-refractivity contribution < 1.29 is 4.79 Å². The number of amides is 1. The third-order valence-corrected chi connectivity index (χ3v) is 6.30. The molecule has 4 heterocycles. The first-order chi connectivity index (χ1) is 16.9. The summed E-state index contributed by atoms with van der Waals surface area (Å²) >= 11 is 0. The zero-order valence-corrected chi connectivity index (χ0v) is 20.5. The second-order valence-corrected chi connectivity index (χ2v) is 9.18. The number of likely N-dealkylation sites (tertiary alicyclic amines) is 1. The van der Waals surface area contributed by atoms with E-state index in [0.29, 0.717) is 30.0 Å². The zero-order valence-electron chi connectivity index (χ0n) is 20.5. The van der Waals surface area contributed by atoms with Gasteiger partial charge in [0.15, 0.2) is 5.82 Å². The van der Waals surface area contributed by atoms with Gasteiger partial charge in [-0.25, -0.2) is 4.98 Å². The summed E-state index contributed by atoms with van der Waals surface area (Å²) in [7, 11) is 0. The molecule has 0 saturated carbocycles. The summed E-state index contributed by atoms with van der Waals surface area (Å²) in [5, 5.41) is 11.5. The Morgan fingerprint density at radius 3 is 2.71 bits per heavy atom. The van der Waals surface area contributed by atoms with Gasteiger partial charge in [-0.05, 0) is 54.5 Å². The Balaban J connectivity index is 1.45. The summed E-state index contributed by atoms with van der Waals surface area (Å²) in [5.74, 6) is 2.29. The maximum Gasteiger partial charge on any atom is 0.219 e. The summed E-state index contributed by atoms with van der Waals surface area (Å²) in [6.45, 7) is 8.18. The van der Waals surface area contributed by atoms with Gasteiger partial charge in [0.1, 0.15) is 5.82 Å². The number of nitrogens with one attached hydrogen (secondary N) is 1. The van der Waals surface area contributed by atoms with Gasteiger partial charge < -0.3 is 16.0 Å². The van der Waals surface area contributed by atoms with Crippen molar-refractivity contribution in [2.24, 2.45) is 16.6 Å². The lowest BCUT2D eigenvalue weighted by atomic mass is 9.97. The molecule has 3 aromatic rings. The molecule has 0 aliphatic carbocycles. The molecule has 9 heteroatoms. The van der Waals surface area contributed by atoms with Crippen LogP contribution in [0.15, 0.2) is 47.9 Å². The number of rotatable bonds is 7. The molecule has 1 fully saturated rings. The van der Waals surface area contributed by atoms with Crippen molar-refractivity contribution in [2.45, 2.75) is 39.5 Å². The number of nitrogens with two attached hydrogens (primary N) is 1. The second kappa shape index (κ2) is 11.0. The van der Waals surface area contributed by atoms with E-state index in [4.69, 9.17) is 10.7 Å². The molecule has 182 valence electrons. The molecule has 1 aliphatic rings. The van der Waals surface area contributed by atoms with Crippen molar-refractivity contribution in [2.75, 3.05) is 25.0 Å². The molecule has 3 aromatic heterocycles. The highest BCUT2D eigenvalue weighted by Crippen LogP contribution is 2.22. The van der Waals surface area contributed by atoms with Crippen LogP contribution in [0.4, 0.5) is 11.6 Å². The molecule has 0 unspecified atom stereocenters. The Labute approximate surface area is 205 Å². The van der Waals surface area contributed by atoms with Gasteiger partial charge in [-0.15, -0.1) is 5.10 Å². The van der Waals surface area contributed by atoms with E-state index in [-0.39, 0.29) is 5.91 Å². The average Bonchev–Trinajstić information content (AvgIpc) is 2.86. The van der Waals surface area contributed by atoms with Gasteiger partial charge in [-0.2, -0.15) is 5.10 Å². The van der Waals surface area contributed by atoms with Crippen molar-refractivity contribution in [3.8, 4) is 0 Å². The molecule has 0 bridgehead atoms. The molecule has 1 saturated heterocycles. The van der Waals surface area contributed by atoms with Crippen LogP contribution < -0.4 is 11.1 Å². The van der Waals surface area contributed by atoms with Gasteiger partial charge in [0.05, 0.1) is 17.2 Å². The molecule has 9 nitrogen and oxygen atoms in total. The monoisotopic (exact) mass is 472 g/mol. The van der Waals surface area contributed by atoms with Gasteiger partial charge in [0, 0.05) is 56.3 Å². The smallest absolute Gasteiger partial charge is 0.219 e. The highest BCUT2D eigenvalue weighted by Gasteiger charge is 2.20. The maximum atomic E-state index is 11.5. The summed E-state index contributed by atoms with van der Waals surface area (Å²) in [6.07, 6.45) is 8.84. The predicted octanol–water partition coefficient (Wildman–Crippen LogP) is 3.92. The van der Waals surface area contributed by atoms with Crippen LogP contribution >= 0.6 is 0 Å². The molecule has 0 spiro atoms. The van der Waals surface area contributed by atoms with Gasteiger partial charge in [0.25, 0.3) is 0 Å². The number of anilines is 2. The number of hydrogen-bond donors (Lipinski definition) is 2. The van der Waals surface area contributed by atoms with Gasteiger partial charge in [0.2, 0.25) is 5.91 Å². The Bertz CT molecular complexity index is 1250. The van der Waals surface area contributed by atoms with Crippen LogP contribution in [0.25, 0.3) is 16.6 Å². The second-order valence-electron chi connectivity index (χ2n) is 9.18. The van der Waals surface area contributed by atoms with E-state index in [0.717, 1.165) is 53.7 Å². The first-order valence-electron chi connectivity index (χ1n) is 12.0. The van der Waals surface area contributed by atoms with Crippen molar-refractivity contribution in [3.63, 3.8) is 0 Å². The van der Waals surface area contributed by atoms with E-state index < -0.39 is 0 Å². The average molecular weight is 473 g/mol. The largest absolute Gasteiger partial charge is 0.404 e. The number of allylic oxidation sites excluding steroid dienone is 1. The van der Waals surface area contributed by atoms with Crippen LogP contribution in [0, 0.1) is 5.92 Å². The summed E-state index contributed by atoms with van der Waals surface area (Å²) in [4.78, 5) is 27.3. The topological polar surface area (TPSA) is 122 Å². The van der Waals surface area contributed by atoms with Crippen LogP contribution in [-0.2, 0) is 4.79 Å². The minimum atomic E-state index is 0.146. The molecular formula is C26H32N8O. The first-order valence-corrected chi connectivity index (χ1v) is 12.0. The fourth-order valence-corrected chi connectivity index (χ4v) is 4.07. The lowest BCUT2D eigenvalue weighted by molar-refractivity contribution is -0.130. The van der Waals surface area contributed by atoms with Gasteiger partial charge >= 0.3 is 0 Å². The highest BCUT2D eigenvalue weighted by molar-refractivity contribution is 6.10. The normalized spacial score (nSPS) is 15.3. The highest BCUT2D eigenvalue weighted by atomic mass is 16.2. The molecule has 35 heavy (non-hydrogen) atoms. The summed E-state index contributed by atoms with van der Waals surface area (Å²) in [5.41, 5.74) is 10.2. The van der Waals surface area contributed by atoms with Gasteiger partial charge in [-0.1, -0.05) is 13.8 Å². The van der Waals surface area contributed by atoms with Crippen LogP contribution in [0.1, 0.15) is 50.7 Å². The molecule has 1 amide bonds. The lowest BCUT2D eigenvalue weighted by Gasteiger charge is -2.30. The number of aromatic nitrogens is 4. The Kier molecular flexibility index (Phi) is 7.64. The van der Waals surface area contributed by atoms with E-state index in [1.807, 2.05) is 29.2 Å².